The zero-order valence-corrected chi connectivity index (χ0v) is 11.3. The van der Waals surface area contributed by atoms with Crippen LogP contribution in [0.3, 0.4) is 0 Å². The van der Waals surface area contributed by atoms with E-state index in [0.29, 0.717) is 6.42 Å². The smallest absolute Gasteiger partial charge is 0.303 e. The molecule has 0 saturated heterocycles. The zero-order valence-electron chi connectivity index (χ0n) is 10.4. The number of aryl methyl sites for hydroxylation is 2. The minimum Gasteiger partial charge on any atom is -0.496 e. The summed E-state index contributed by atoms with van der Waals surface area (Å²) in [5, 5.41) is 8.72. The Morgan fingerprint density at radius 1 is 1.41 bits per heavy atom. The van der Waals surface area contributed by atoms with Gasteiger partial charge in [0.05, 0.1) is 7.11 Å². The zero-order chi connectivity index (χ0) is 12.8. The number of rotatable bonds is 6. The number of carboxylic acids is 1. The molecule has 0 spiro atoms. The Labute approximate surface area is 106 Å². The van der Waals surface area contributed by atoms with Gasteiger partial charge in [-0.15, -0.1) is 11.8 Å². The first-order valence-electron chi connectivity index (χ1n) is 5.57. The third-order valence-corrected chi connectivity index (χ3v) is 3.49. The van der Waals surface area contributed by atoms with Crippen molar-refractivity contribution >= 4 is 17.7 Å². The van der Waals surface area contributed by atoms with Gasteiger partial charge in [0, 0.05) is 11.3 Å². The van der Waals surface area contributed by atoms with Gasteiger partial charge in [-0.1, -0.05) is 6.92 Å². The highest BCUT2D eigenvalue weighted by Crippen LogP contribution is 2.30. The number of ether oxygens (including phenoxy) is 1. The molecule has 0 amide bonds. The number of methoxy groups -OCH3 is 1. The Kier molecular flexibility index (Phi) is 5.35. The summed E-state index contributed by atoms with van der Waals surface area (Å²) in [6.07, 6.45) is 3.62. The van der Waals surface area contributed by atoms with Gasteiger partial charge in [-0.25, -0.2) is 0 Å². The molecule has 0 bridgehead atoms. The van der Waals surface area contributed by atoms with Crippen LogP contribution < -0.4 is 4.74 Å². The fourth-order valence-electron chi connectivity index (χ4n) is 1.74. The maximum Gasteiger partial charge on any atom is 0.303 e. The number of thioether (sulfide) groups is 1. The summed E-state index contributed by atoms with van der Waals surface area (Å²) in [4.78, 5) is 11.8. The lowest BCUT2D eigenvalue weighted by molar-refractivity contribution is -0.136. The highest BCUT2D eigenvalue weighted by molar-refractivity contribution is 7.98. The van der Waals surface area contributed by atoms with Crippen molar-refractivity contribution in [2.45, 2.75) is 31.1 Å². The van der Waals surface area contributed by atoms with Crippen LogP contribution in [0, 0.1) is 0 Å². The summed E-state index contributed by atoms with van der Waals surface area (Å²) in [6.45, 7) is 2.10. The predicted molar refractivity (Wildman–Crippen MR) is 70.1 cm³/mol. The van der Waals surface area contributed by atoms with Crippen molar-refractivity contribution in [3.63, 3.8) is 0 Å². The molecule has 17 heavy (non-hydrogen) atoms. The van der Waals surface area contributed by atoms with Crippen molar-refractivity contribution in [2.75, 3.05) is 13.4 Å². The molecule has 0 unspecified atom stereocenters. The van der Waals surface area contributed by atoms with Gasteiger partial charge >= 0.3 is 5.97 Å². The lowest BCUT2D eigenvalue weighted by Crippen LogP contribution is -2.01. The molecule has 0 aliphatic heterocycles. The number of benzene rings is 1. The second-order valence-electron chi connectivity index (χ2n) is 3.72. The van der Waals surface area contributed by atoms with Crippen molar-refractivity contribution in [3.05, 3.63) is 23.3 Å². The van der Waals surface area contributed by atoms with Crippen LogP contribution in [0.2, 0.25) is 0 Å². The van der Waals surface area contributed by atoms with Crippen LogP contribution >= 0.6 is 11.8 Å². The van der Waals surface area contributed by atoms with Crippen LogP contribution in [-0.2, 0) is 17.6 Å². The Morgan fingerprint density at radius 2 is 2.12 bits per heavy atom. The minimum atomic E-state index is -0.780. The van der Waals surface area contributed by atoms with E-state index in [1.165, 1.54) is 10.5 Å². The molecule has 1 aromatic rings. The SMILES string of the molecule is CCc1cc(OC)c(CCC(=O)O)cc1SC. The third-order valence-electron chi connectivity index (χ3n) is 2.67. The van der Waals surface area contributed by atoms with Crippen LogP contribution in [0.5, 0.6) is 5.75 Å². The second kappa shape index (κ2) is 6.55. The molecule has 0 radical (unpaired) electrons. The van der Waals surface area contributed by atoms with E-state index in [2.05, 4.69) is 6.92 Å². The Morgan fingerprint density at radius 3 is 2.59 bits per heavy atom. The van der Waals surface area contributed by atoms with Crippen molar-refractivity contribution in [2.24, 2.45) is 0 Å². The van der Waals surface area contributed by atoms with Gasteiger partial charge in [0.2, 0.25) is 0 Å². The largest absolute Gasteiger partial charge is 0.496 e. The first-order valence-corrected chi connectivity index (χ1v) is 6.80. The molecular weight excluding hydrogens is 236 g/mol. The molecule has 0 aliphatic carbocycles. The van der Waals surface area contributed by atoms with Crippen molar-refractivity contribution in [3.8, 4) is 5.75 Å². The van der Waals surface area contributed by atoms with E-state index < -0.39 is 5.97 Å². The fraction of sp³-hybridized carbons (Fsp3) is 0.462. The highest BCUT2D eigenvalue weighted by Gasteiger charge is 2.10. The van der Waals surface area contributed by atoms with E-state index in [4.69, 9.17) is 9.84 Å². The first-order chi connectivity index (χ1) is 8.12. The molecule has 0 aromatic heterocycles. The number of hydrogen-bond acceptors (Lipinski definition) is 3. The summed E-state index contributed by atoms with van der Waals surface area (Å²) < 4.78 is 5.32. The van der Waals surface area contributed by atoms with Crippen LogP contribution in [0.15, 0.2) is 17.0 Å². The van der Waals surface area contributed by atoms with Crippen molar-refractivity contribution in [1.29, 1.82) is 0 Å². The van der Waals surface area contributed by atoms with E-state index in [9.17, 15) is 4.79 Å². The van der Waals surface area contributed by atoms with E-state index in [1.54, 1.807) is 18.9 Å². The van der Waals surface area contributed by atoms with Gasteiger partial charge in [-0.3, -0.25) is 4.79 Å². The molecule has 0 aliphatic rings. The Hall–Kier alpha value is -1.16. The number of carboxylic acid groups (broad SMARTS) is 1. The molecular formula is C13H18O3S. The quantitative estimate of drug-likeness (QED) is 0.793. The van der Waals surface area contributed by atoms with Gasteiger partial charge in [0.15, 0.2) is 0 Å². The molecule has 0 atom stereocenters. The summed E-state index contributed by atoms with van der Waals surface area (Å²) in [5.41, 5.74) is 2.21. The first kappa shape index (κ1) is 13.9. The normalized spacial score (nSPS) is 10.3. The standard InChI is InChI=1S/C13H18O3S/c1-4-9-7-11(16-2)10(5-6-13(14)15)8-12(9)17-3/h7-8H,4-6H2,1-3H3,(H,14,15). The second-order valence-corrected chi connectivity index (χ2v) is 4.57. The average molecular weight is 254 g/mol. The number of hydrogen-bond donors (Lipinski definition) is 1. The fourth-order valence-corrected chi connectivity index (χ4v) is 2.46. The van der Waals surface area contributed by atoms with E-state index in [1.807, 2.05) is 18.4 Å². The van der Waals surface area contributed by atoms with E-state index in [0.717, 1.165) is 17.7 Å². The van der Waals surface area contributed by atoms with E-state index >= 15 is 0 Å². The molecule has 0 heterocycles. The summed E-state index contributed by atoms with van der Waals surface area (Å²) in [7, 11) is 1.62. The average Bonchev–Trinajstić information content (AvgIpc) is 2.34. The van der Waals surface area contributed by atoms with E-state index in [-0.39, 0.29) is 6.42 Å². The summed E-state index contributed by atoms with van der Waals surface area (Å²) in [5.74, 6) is 0.0122. The van der Waals surface area contributed by atoms with Gasteiger partial charge in [-0.05, 0) is 42.4 Å². The van der Waals surface area contributed by atoms with Crippen molar-refractivity contribution in [1.82, 2.24) is 0 Å². The van der Waals surface area contributed by atoms with Gasteiger partial charge in [0.1, 0.15) is 5.75 Å². The maximum absolute atomic E-state index is 10.6. The summed E-state index contributed by atoms with van der Waals surface area (Å²) >= 11 is 1.68. The molecule has 1 aromatic carbocycles. The molecule has 4 heteroatoms. The lowest BCUT2D eigenvalue weighted by atomic mass is 10.0. The topological polar surface area (TPSA) is 46.5 Å². The van der Waals surface area contributed by atoms with Gasteiger partial charge < -0.3 is 9.84 Å². The van der Waals surface area contributed by atoms with Crippen LogP contribution in [0.25, 0.3) is 0 Å². The molecule has 1 rings (SSSR count). The third kappa shape index (κ3) is 3.66. The van der Waals surface area contributed by atoms with Crippen LogP contribution in [0.4, 0.5) is 0 Å². The molecule has 1 N–H and O–H groups in total. The molecule has 0 saturated carbocycles. The van der Waals surface area contributed by atoms with Crippen LogP contribution in [0.1, 0.15) is 24.5 Å². The molecule has 94 valence electrons. The Bertz CT molecular complexity index is 402. The molecule has 0 fully saturated rings. The maximum atomic E-state index is 10.6. The predicted octanol–water partition coefficient (Wildman–Crippen LogP) is 3.00. The minimum absolute atomic E-state index is 0.135. The van der Waals surface area contributed by atoms with Crippen molar-refractivity contribution < 1.29 is 14.6 Å². The number of aliphatic carboxylic acids is 1. The monoisotopic (exact) mass is 254 g/mol. The Balaban J connectivity index is 3.05. The van der Waals surface area contributed by atoms with Crippen LogP contribution in [-0.4, -0.2) is 24.4 Å². The summed E-state index contributed by atoms with van der Waals surface area (Å²) in [6, 6.07) is 4.06. The molecule has 3 nitrogen and oxygen atoms in total. The highest BCUT2D eigenvalue weighted by atomic mass is 32.2. The van der Waals surface area contributed by atoms with Gasteiger partial charge in [0.25, 0.3) is 0 Å². The number of carbonyl (C=O) groups is 1. The lowest BCUT2D eigenvalue weighted by Gasteiger charge is -2.13. The van der Waals surface area contributed by atoms with Gasteiger partial charge in [-0.2, -0.15) is 0 Å².